The molecule has 0 bridgehead atoms. The van der Waals surface area contributed by atoms with Crippen molar-refractivity contribution in [3.63, 3.8) is 0 Å². The third kappa shape index (κ3) is 4.10. The summed E-state index contributed by atoms with van der Waals surface area (Å²) in [5.41, 5.74) is 0.540. The van der Waals surface area contributed by atoms with Gasteiger partial charge in [-0.2, -0.15) is 11.8 Å². The van der Waals surface area contributed by atoms with Crippen molar-refractivity contribution >= 4 is 24.2 Å². The van der Waals surface area contributed by atoms with Crippen LogP contribution < -0.4 is 5.32 Å². The Morgan fingerprint density at radius 3 is 2.94 bits per heavy atom. The Labute approximate surface area is 110 Å². The van der Waals surface area contributed by atoms with E-state index >= 15 is 0 Å². The van der Waals surface area contributed by atoms with Crippen LogP contribution in [0.2, 0.25) is 0 Å². The molecular formula is C12H25ClN2S. The largest absolute Gasteiger partial charge is 0.316 e. The predicted molar refractivity (Wildman–Crippen MR) is 75.8 cm³/mol. The van der Waals surface area contributed by atoms with Crippen LogP contribution in [0.3, 0.4) is 0 Å². The molecule has 2 atom stereocenters. The van der Waals surface area contributed by atoms with Crippen LogP contribution in [0.1, 0.15) is 26.7 Å². The molecule has 2 unspecified atom stereocenters. The molecule has 96 valence electrons. The first-order chi connectivity index (χ1) is 7.18. The molecule has 2 rings (SSSR count). The number of hydrogen-bond donors (Lipinski definition) is 1. The lowest BCUT2D eigenvalue weighted by atomic mass is 9.89. The zero-order chi connectivity index (χ0) is 10.7. The minimum atomic E-state index is 0. The van der Waals surface area contributed by atoms with Gasteiger partial charge in [-0.05, 0) is 31.3 Å². The molecule has 4 heteroatoms. The van der Waals surface area contributed by atoms with E-state index < -0.39 is 0 Å². The summed E-state index contributed by atoms with van der Waals surface area (Å²) in [6.45, 7) is 11.1. The van der Waals surface area contributed by atoms with Crippen molar-refractivity contribution in [2.24, 2.45) is 5.41 Å². The van der Waals surface area contributed by atoms with Crippen LogP contribution in [-0.2, 0) is 0 Å². The Morgan fingerprint density at radius 1 is 1.44 bits per heavy atom. The molecule has 1 N–H and O–H groups in total. The fraction of sp³-hybridized carbons (Fsp3) is 1.00. The molecule has 2 aliphatic heterocycles. The van der Waals surface area contributed by atoms with E-state index in [2.05, 4.69) is 35.8 Å². The number of thioether (sulfide) groups is 1. The molecule has 0 aromatic carbocycles. The molecule has 0 amide bonds. The van der Waals surface area contributed by atoms with Crippen molar-refractivity contribution in [3.05, 3.63) is 0 Å². The first-order valence-corrected chi connectivity index (χ1v) is 7.28. The molecule has 0 saturated carbocycles. The van der Waals surface area contributed by atoms with E-state index in [1.807, 2.05) is 0 Å². The SMILES string of the molecule is CC1CCN(CC2(C)CCNC2)CCS1.Cl. The Kier molecular flexibility index (Phi) is 5.92. The molecule has 0 aliphatic carbocycles. The molecule has 0 aromatic rings. The van der Waals surface area contributed by atoms with Gasteiger partial charge in [0.25, 0.3) is 0 Å². The normalized spacial score (nSPS) is 36.8. The van der Waals surface area contributed by atoms with E-state index in [1.54, 1.807) is 0 Å². The van der Waals surface area contributed by atoms with Gasteiger partial charge in [-0.15, -0.1) is 12.4 Å². The summed E-state index contributed by atoms with van der Waals surface area (Å²) >= 11 is 2.14. The van der Waals surface area contributed by atoms with Gasteiger partial charge in [0, 0.05) is 30.6 Å². The minimum absolute atomic E-state index is 0. The lowest BCUT2D eigenvalue weighted by Crippen LogP contribution is -2.38. The van der Waals surface area contributed by atoms with E-state index in [0.717, 1.165) is 5.25 Å². The van der Waals surface area contributed by atoms with Gasteiger partial charge < -0.3 is 10.2 Å². The first-order valence-electron chi connectivity index (χ1n) is 6.23. The van der Waals surface area contributed by atoms with E-state index in [-0.39, 0.29) is 12.4 Å². The Bertz CT molecular complexity index is 207. The topological polar surface area (TPSA) is 15.3 Å². The second-order valence-corrected chi connectivity index (χ2v) is 7.03. The maximum Gasteiger partial charge on any atom is 0.00727 e. The quantitative estimate of drug-likeness (QED) is 0.824. The molecule has 16 heavy (non-hydrogen) atoms. The first kappa shape index (κ1) is 14.6. The van der Waals surface area contributed by atoms with Gasteiger partial charge in [0.2, 0.25) is 0 Å². The van der Waals surface area contributed by atoms with E-state index in [4.69, 9.17) is 0 Å². The summed E-state index contributed by atoms with van der Waals surface area (Å²) in [7, 11) is 0. The van der Waals surface area contributed by atoms with Crippen molar-refractivity contribution in [1.82, 2.24) is 10.2 Å². The minimum Gasteiger partial charge on any atom is -0.316 e. The third-order valence-electron chi connectivity index (χ3n) is 3.72. The average molecular weight is 265 g/mol. The fourth-order valence-corrected chi connectivity index (χ4v) is 3.68. The van der Waals surface area contributed by atoms with Gasteiger partial charge in [-0.1, -0.05) is 13.8 Å². The highest BCUT2D eigenvalue weighted by atomic mass is 35.5. The molecule has 2 fully saturated rings. The van der Waals surface area contributed by atoms with Crippen molar-refractivity contribution in [3.8, 4) is 0 Å². The molecule has 0 radical (unpaired) electrons. The smallest absolute Gasteiger partial charge is 0.00727 e. The Morgan fingerprint density at radius 2 is 2.25 bits per heavy atom. The molecule has 2 nitrogen and oxygen atoms in total. The van der Waals surface area contributed by atoms with Crippen LogP contribution in [0.15, 0.2) is 0 Å². The maximum absolute atomic E-state index is 3.49. The van der Waals surface area contributed by atoms with Crippen LogP contribution in [0.25, 0.3) is 0 Å². The number of nitrogens with zero attached hydrogens (tertiary/aromatic N) is 1. The van der Waals surface area contributed by atoms with Crippen molar-refractivity contribution < 1.29 is 0 Å². The van der Waals surface area contributed by atoms with Crippen molar-refractivity contribution in [1.29, 1.82) is 0 Å². The van der Waals surface area contributed by atoms with Gasteiger partial charge in [0.15, 0.2) is 0 Å². The van der Waals surface area contributed by atoms with Crippen LogP contribution >= 0.6 is 24.2 Å². The van der Waals surface area contributed by atoms with Gasteiger partial charge in [-0.3, -0.25) is 0 Å². The number of nitrogens with one attached hydrogen (secondary N) is 1. The number of halogens is 1. The van der Waals surface area contributed by atoms with Crippen LogP contribution in [0.4, 0.5) is 0 Å². The molecule has 0 spiro atoms. The number of rotatable bonds is 2. The molecular weight excluding hydrogens is 240 g/mol. The molecule has 2 heterocycles. The maximum atomic E-state index is 3.49. The van der Waals surface area contributed by atoms with E-state index in [0.29, 0.717) is 5.41 Å². The van der Waals surface area contributed by atoms with Crippen molar-refractivity contribution in [2.45, 2.75) is 31.9 Å². The highest BCUT2D eigenvalue weighted by molar-refractivity contribution is 7.99. The van der Waals surface area contributed by atoms with Crippen LogP contribution in [-0.4, -0.2) is 48.6 Å². The second-order valence-electron chi connectivity index (χ2n) is 5.48. The van der Waals surface area contributed by atoms with Gasteiger partial charge >= 0.3 is 0 Å². The average Bonchev–Trinajstić information content (AvgIpc) is 2.51. The van der Waals surface area contributed by atoms with Crippen LogP contribution in [0, 0.1) is 5.41 Å². The van der Waals surface area contributed by atoms with E-state index in [9.17, 15) is 0 Å². The predicted octanol–water partition coefficient (Wildman–Crippen LogP) is 2.24. The summed E-state index contributed by atoms with van der Waals surface area (Å²) in [5.74, 6) is 1.32. The van der Waals surface area contributed by atoms with E-state index in [1.165, 1.54) is 51.3 Å². The lowest BCUT2D eigenvalue weighted by Gasteiger charge is -2.30. The lowest BCUT2D eigenvalue weighted by molar-refractivity contribution is 0.187. The van der Waals surface area contributed by atoms with Gasteiger partial charge in [0.05, 0.1) is 0 Å². The summed E-state index contributed by atoms with van der Waals surface area (Å²) < 4.78 is 0. The Balaban J connectivity index is 0.00000128. The zero-order valence-electron chi connectivity index (χ0n) is 10.5. The summed E-state index contributed by atoms with van der Waals surface area (Å²) in [6, 6.07) is 0. The summed E-state index contributed by atoms with van der Waals surface area (Å²) in [4.78, 5) is 2.68. The fourth-order valence-electron chi connectivity index (χ4n) is 2.64. The number of hydrogen-bond acceptors (Lipinski definition) is 3. The molecule has 2 saturated heterocycles. The summed E-state index contributed by atoms with van der Waals surface area (Å²) in [5, 5.41) is 4.36. The van der Waals surface area contributed by atoms with Crippen molar-refractivity contribution in [2.75, 3.05) is 38.5 Å². The second kappa shape index (κ2) is 6.48. The zero-order valence-corrected chi connectivity index (χ0v) is 12.1. The summed E-state index contributed by atoms with van der Waals surface area (Å²) in [6.07, 6.45) is 2.72. The van der Waals surface area contributed by atoms with Gasteiger partial charge in [-0.25, -0.2) is 0 Å². The Hall–Kier alpha value is 0.560. The molecule has 2 aliphatic rings. The standard InChI is InChI=1S/C12H24N2S.ClH/c1-11-3-6-14(7-8-15-11)10-12(2)4-5-13-9-12;/h11,13H,3-10H2,1-2H3;1H. The highest BCUT2D eigenvalue weighted by Gasteiger charge is 2.31. The monoisotopic (exact) mass is 264 g/mol. The molecule has 0 aromatic heterocycles. The van der Waals surface area contributed by atoms with Gasteiger partial charge in [0.1, 0.15) is 0 Å². The highest BCUT2D eigenvalue weighted by Crippen LogP contribution is 2.27. The van der Waals surface area contributed by atoms with Crippen LogP contribution in [0.5, 0.6) is 0 Å². The third-order valence-corrected chi connectivity index (χ3v) is 4.95.